The predicted octanol–water partition coefficient (Wildman–Crippen LogP) is 1.62. The second-order valence-corrected chi connectivity index (χ2v) is 7.26. The number of rotatable bonds is 3. The molecule has 1 amide bonds. The topological polar surface area (TPSA) is 65.8 Å². The van der Waals surface area contributed by atoms with Crippen LogP contribution in [0.3, 0.4) is 0 Å². The van der Waals surface area contributed by atoms with E-state index < -0.39 is 0 Å². The average Bonchev–Trinajstić information content (AvgIpc) is 3.35. The third kappa shape index (κ3) is 2.50. The van der Waals surface area contributed by atoms with Crippen molar-refractivity contribution < 1.29 is 4.79 Å². The molecule has 0 radical (unpaired) electrons. The van der Waals surface area contributed by atoms with Crippen molar-refractivity contribution in [2.45, 2.75) is 25.4 Å². The van der Waals surface area contributed by atoms with Crippen LogP contribution in [0.5, 0.6) is 0 Å². The summed E-state index contributed by atoms with van der Waals surface area (Å²) in [6.07, 6.45) is 4.33. The van der Waals surface area contributed by atoms with E-state index in [0.717, 1.165) is 6.54 Å². The monoisotopic (exact) mass is 350 g/mol. The van der Waals surface area contributed by atoms with Gasteiger partial charge in [0.25, 0.3) is 5.91 Å². The van der Waals surface area contributed by atoms with E-state index in [-0.39, 0.29) is 5.91 Å². The van der Waals surface area contributed by atoms with Gasteiger partial charge >= 0.3 is 0 Å². The molecule has 1 aromatic carbocycles. The number of anilines is 1. The van der Waals surface area contributed by atoms with E-state index in [0.29, 0.717) is 36.5 Å². The third-order valence-corrected chi connectivity index (χ3v) is 5.54. The molecule has 1 unspecified atom stereocenters. The summed E-state index contributed by atoms with van der Waals surface area (Å²) in [6, 6.07) is 9.33. The molecule has 1 saturated heterocycles. The molecular formula is C19H22N6O. The number of carbonyl (C=O) groups is 1. The summed E-state index contributed by atoms with van der Waals surface area (Å²) in [5.74, 6) is 1.22. The summed E-state index contributed by atoms with van der Waals surface area (Å²) in [5.41, 5.74) is 3.19. The first kappa shape index (κ1) is 15.6. The van der Waals surface area contributed by atoms with Gasteiger partial charge in [-0.1, -0.05) is 24.3 Å². The SMILES string of the molecule is CN1CCCC1c1ccc(Cn2cc3c(n2)N2CCN=C2NC3=O)cc1. The van der Waals surface area contributed by atoms with Crippen molar-refractivity contribution in [2.24, 2.45) is 4.99 Å². The number of aliphatic imine (C=N–C) groups is 1. The molecule has 1 aromatic heterocycles. The molecule has 134 valence electrons. The highest BCUT2D eigenvalue weighted by Crippen LogP contribution is 2.30. The summed E-state index contributed by atoms with van der Waals surface area (Å²) in [5, 5.41) is 7.48. The molecule has 4 heterocycles. The Labute approximate surface area is 152 Å². The quantitative estimate of drug-likeness (QED) is 0.914. The van der Waals surface area contributed by atoms with Crippen molar-refractivity contribution in [3.63, 3.8) is 0 Å². The number of aromatic nitrogens is 2. The zero-order valence-corrected chi connectivity index (χ0v) is 14.9. The van der Waals surface area contributed by atoms with Crippen LogP contribution in [-0.2, 0) is 6.54 Å². The van der Waals surface area contributed by atoms with Gasteiger partial charge in [-0.25, -0.2) is 0 Å². The van der Waals surface area contributed by atoms with E-state index >= 15 is 0 Å². The molecule has 2 aromatic rings. The van der Waals surface area contributed by atoms with Crippen LogP contribution in [0.15, 0.2) is 35.5 Å². The first-order chi connectivity index (χ1) is 12.7. The van der Waals surface area contributed by atoms with Crippen LogP contribution < -0.4 is 10.2 Å². The number of amides is 1. The standard InChI is InChI=1S/C19H22N6O/c1-23-9-2-3-16(23)14-6-4-13(5-7-14)11-24-12-15-17(22-24)25-10-8-20-19(25)21-18(15)26/h4-7,12,16H,2-3,8-11H2,1H3,(H,20,21,26). The number of fused-ring (bicyclic) bond motifs is 3. The summed E-state index contributed by atoms with van der Waals surface area (Å²) >= 11 is 0. The molecule has 3 aliphatic heterocycles. The van der Waals surface area contributed by atoms with Gasteiger partial charge in [-0.15, -0.1) is 0 Å². The van der Waals surface area contributed by atoms with Crippen LogP contribution in [-0.4, -0.2) is 53.2 Å². The number of hydrogen-bond donors (Lipinski definition) is 1. The zero-order valence-electron chi connectivity index (χ0n) is 14.9. The van der Waals surface area contributed by atoms with Crippen LogP contribution in [0.4, 0.5) is 5.82 Å². The molecule has 7 heteroatoms. The van der Waals surface area contributed by atoms with Crippen molar-refractivity contribution in [3.05, 3.63) is 47.2 Å². The molecule has 0 saturated carbocycles. The van der Waals surface area contributed by atoms with Gasteiger partial charge < -0.3 is 0 Å². The van der Waals surface area contributed by atoms with Gasteiger partial charge in [-0.3, -0.25) is 29.6 Å². The molecule has 0 spiro atoms. The largest absolute Gasteiger partial charge is 0.299 e. The minimum atomic E-state index is -0.122. The Bertz CT molecular complexity index is 884. The molecule has 1 fully saturated rings. The Kier molecular flexibility index (Phi) is 3.56. The van der Waals surface area contributed by atoms with Crippen LogP contribution in [0.25, 0.3) is 0 Å². The van der Waals surface area contributed by atoms with Gasteiger partial charge in [0.2, 0.25) is 5.96 Å². The van der Waals surface area contributed by atoms with Crippen LogP contribution >= 0.6 is 0 Å². The third-order valence-electron chi connectivity index (χ3n) is 5.54. The molecule has 0 bridgehead atoms. The van der Waals surface area contributed by atoms with Gasteiger partial charge in [0.05, 0.1) is 13.1 Å². The van der Waals surface area contributed by atoms with Gasteiger partial charge in [0.1, 0.15) is 5.56 Å². The van der Waals surface area contributed by atoms with Gasteiger partial charge in [-0.2, -0.15) is 5.10 Å². The van der Waals surface area contributed by atoms with E-state index in [1.54, 1.807) is 0 Å². The maximum absolute atomic E-state index is 12.2. The molecule has 7 nitrogen and oxygen atoms in total. The molecule has 5 rings (SSSR count). The van der Waals surface area contributed by atoms with Gasteiger partial charge in [-0.05, 0) is 37.6 Å². The van der Waals surface area contributed by atoms with E-state index in [1.165, 1.54) is 30.5 Å². The van der Waals surface area contributed by atoms with Crippen molar-refractivity contribution in [3.8, 4) is 0 Å². The first-order valence-electron chi connectivity index (χ1n) is 9.19. The number of nitrogens with one attached hydrogen (secondary N) is 1. The maximum atomic E-state index is 12.2. The second-order valence-electron chi connectivity index (χ2n) is 7.26. The number of carbonyl (C=O) groups excluding carboxylic acids is 1. The molecule has 1 atom stereocenters. The lowest BCUT2D eigenvalue weighted by molar-refractivity contribution is 0.0974. The highest BCUT2D eigenvalue weighted by Gasteiger charge is 2.33. The second kappa shape index (κ2) is 5.95. The summed E-state index contributed by atoms with van der Waals surface area (Å²) in [7, 11) is 2.20. The lowest BCUT2D eigenvalue weighted by Gasteiger charge is -2.23. The summed E-state index contributed by atoms with van der Waals surface area (Å²) in [6.45, 7) is 3.29. The van der Waals surface area contributed by atoms with Crippen molar-refractivity contribution >= 4 is 17.7 Å². The van der Waals surface area contributed by atoms with Gasteiger partial charge in [0.15, 0.2) is 5.82 Å². The fourth-order valence-corrected chi connectivity index (χ4v) is 4.14. The first-order valence-corrected chi connectivity index (χ1v) is 9.19. The number of guanidine groups is 1. The lowest BCUT2D eigenvalue weighted by atomic mass is 10.0. The van der Waals surface area contributed by atoms with Crippen molar-refractivity contribution in [2.75, 3.05) is 31.6 Å². The minimum absolute atomic E-state index is 0.122. The van der Waals surface area contributed by atoms with Crippen molar-refractivity contribution in [1.29, 1.82) is 0 Å². The van der Waals surface area contributed by atoms with E-state index in [9.17, 15) is 4.79 Å². The fraction of sp³-hybridized carbons (Fsp3) is 0.421. The normalized spacial score (nSPS) is 22.2. The fourth-order valence-electron chi connectivity index (χ4n) is 4.14. The smallest absolute Gasteiger partial charge is 0.263 e. The Balaban J connectivity index is 1.37. The van der Waals surface area contributed by atoms with E-state index in [1.807, 2.05) is 15.8 Å². The Morgan fingerprint density at radius 2 is 2.08 bits per heavy atom. The van der Waals surface area contributed by atoms with Crippen LogP contribution in [0.1, 0.15) is 40.4 Å². The summed E-state index contributed by atoms with van der Waals surface area (Å²) < 4.78 is 1.85. The van der Waals surface area contributed by atoms with Crippen molar-refractivity contribution in [1.82, 2.24) is 20.0 Å². The van der Waals surface area contributed by atoms with E-state index in [2.05, 4.69) is 51.6 Å². The Hall–Kier alpha value is -2.67. The Morgan fingerprint density at radius 3 is 2.85 bits per heavy atom. The number of hydrogen-bond acceptors (Lipinski definition) is 5. The molecule has 26 heavy (non-hydrogen) atoms. The number of benzene rings is 1. The van der Waals surface area contributed by atoms with Crippen LogP contribution in [0, 0.1) is 0 Å². The molecule has 0 aliphatic carbocycles. The highest BCUT2D eigenvalue weighted by molar-refractivity contribution is 6.18. The average molecular weight is 350 g/mol. The Morgan fingerprint density at radius 1 is 1.23 bits per heavy atom. The van der Waals surface area contributed by atoms with Crippen LogP contribution in [0.2, 0.25) is 0 Å². The predicted molar refractivity (Wildman–Crippen MR) is 99.5 cm³/mol. The molecule has 3 aliphatic rings. The van der Waals surface area contributed by atoms with E-state index in [4.69, 9.17) is 0 Å². The number of likely N-dealkylation sites (tertiary alicyclic amines) is 1. The highest BCUT2D eigenvalue weighted by atomic mass is 16.2. The van der Waals surface area contributed by atoms with Gasteiger partial charge in [0, 0.05) is 18.8 Å². The minimum Gasteiger partial charge on any atom is -0.299 e. The molecule has 1 N–H and O–H groups in total. The lowest BCUT2D eigenvalue weighted by Crippen LogP contribution is -2.46. The molecular weight excluding hydrogens is 328 g/mol. The zero-order chi connectivity index (χ0) is 17.7. The summed E-state index contributed by atoms with van der Waals surface area (Å²) in [4.78, 5) is 21.0. The number of nitrogens with zero attached hydrogens (tertiary/aromatic N) is 5. The maximum Gasteiger partial charge on any atom is 0.263 e.